The number of nitrogens with zero attached hydrogens (tertiary/aromatic N) is 6. The van der Waals surface area contributed by atoms with Crippen LogP contribution in [0.3, 0.4) is 0 Å². The molecule has 0 aliphatic carbocycles. The molecule has 168 valence electrons. The quantitative estimate of drug-likeness (QED) is 0.486. The number of carbonyl (C=O) groups excluding carboxylic acids is 1. The lowest BCUT2D eigenvalue weighted by atomic mass is 9.97. The summed E-state index contributed by atoms with van der Waals surface area (Å²) in [4.78, 5) is 28.9. The van der Waals surface area contributed by atoms with Gasteiger partial charge in [-0.15, -0.1) is 0 Å². The molecule has 1 aromatic carbocycles. The van der Waals surface area contributed by atoms with Gasteiger partial charge in [-0.2, -0.15) is 5.10 Å². The summed E-state index contributed by atoms with van der Waals surface area (Å²) in [6.07, 6.45) is 5.19. The topological polar surface area (TPSA) is 88.8 Å². The normalized spacial score (nSPS) is 16.2. The minimum atomic E-state index is -0.159. The fraction of sp³-hybridized carbons (Fsp3) is 0.292. The third kappa shape index (κ3) is 4.26. The van der Waals surface area contributed by atoms with Crippen molar-refractivity contribution in [2.45, 2.75) is 26.7 Å². The highest BCUT2D eigenvalue weighted by atomic mass is 35.5. The second-order valence-corrected chi connectivity index (χ2v) is 8.75. The zero-order chi connectivity index (χ0) is 22.9. The molecule has 33 heavy (non-hydrogen) atoms. The Labute approximate surface area is 196 Å². The van der Waals surface area contributed by atoms with Crippen molar-refractivity contribution in [3.05, 3.63) is 65.2 Å². The zero-order valence-corrected chi connectivity index (χ0v) is 19.3. The first-order valence-corrected chi connectivity index (χ1v) is 11.3. The molecule has 1 amide bonds. The predicted molar refractivity (Wildman–Crippen MR) is 129 cm³/mol. The van der Waals surface area contributed by atoms with Crippen molar-refractivity contribution in [1.29, 1.82) is 0 Å². The van der Waals surface area contributed by atoms with E-state index in [0.29, 0.717) is 23.2 Å². The maximum Gasteiger partial charge on any atom is 0.230 e. The fourth-order valence-electron chi connectivity index (χ4n) is 4.26. The summed E-state index contributed by atoms with van der Waals surface area (Å²) in [5, 5.41) is 9.04. The van der Waals surface area contributed by atoms with Crippen LogP contribution in [0.15, 0.2) is 48.8 Å². The van der Waals surface area contributed by atoms with Gasteiger partial charge >= 0.3 is 0 Å². The Morgan fingerprint density at radius 3 is 2.88 bits per heavy atom. The van der Waals surface area contributed by atoms with Crippen molar-refractivity contribution in [3.8, 4) is 5.69 Å². The van der Waals surface area contributed by atoms with Crippen LogP contribution in [0, 0.1) is 19.8 Å². The van der Waals surface area contributed by atoms with Crippen LogP contribution in [0.1, 0.15) is 24.2 Å². The molecular weight excluding hydrogens is 438 g/mol. The van der Waals surface area contributed by atoms with Crippen LogP contribution in [0.2, 0.25) is 5.02 Å². The van der Waals surface area contributed by atoms with Crippen LogP contribution in [-0.2, 0) is 4.79 Å². The average molecular weight is 462 g/mol. The monoisotopic (exact) mass is 461 g/mol. The van der Waals surface area contributed by atoms with Gasteiger partial charge in [0.25, 0.3) is 0 Å². The molecule has 0 bridgehead atoms. The first-order valence-electron chi connectivity index (χ1n) is 11.0. The molecule has 1 fully saturated rings. The largest absolute Gasteiger partial charge is 0.355 e. The molecule has 5 rings (SSSR count). The van der Waals surface area contributed by atoms with E-state index in [1.54, 1.807) is 17.1 Å². The number of halogens is 1. The number of hydrogen-bond acceptors (Lipinski definition) is 6. The Morgan fingerprint density at radius 2 is 2.06 bits per heavy atom. The van der Waals surface area contributed by atoms with Crippen molar-refractivity contribution >= 4 is 40.2 Å². The Balaban J connectivity index is 1.44. The molecule has 3 aromatic heterocycles. The van der Waals surface area contributed by atoms with Crippen LogP contribution < -0.4 is 10.2 Å². The Kier molecular flexibility index (Phi) is 5.68. The van der Waals surface area contributed by atoms with E-state index in [-0.39, 0.29) is 11.8 Å². The van der Waals surface area contributed by atoms with Gasteiger partial charge in [0.05, 0.1) is 23.2 Å². The number of anilines is 2. The molecule has 9 heteroatoms. The van der Waals surface area contributed by atoms with Gasteiger partial charge in [-0.3, -0.25) is 4.79 Å². The summed E-state index contributed by atoms with van der Waals surface area (Å²) in [7, 11) is 0. The zero-order valence-electron chi connectivity index (χ0n) is 18.5. The van der Waals surface area contributed by atoms with Crippen molar-refractivity contribution < 1.29 is 4.79 Å². The molecule has 1 saturated heterocycles. The highest BCUT2D eigenvalue weighted by Crippen LogP contribution is 2.30. The molecule has 1 aliphatic heterocycles. The summed E-state index contributed by atoms with van der Waals surface area (Å²) in [6, 6.07) is 11.3. The minimum Gasteiger partial charge on any atom is -0.355 e. The van der Waals surface area contributed by atoms with Crippen molar-refractivity contribution in [2.75, 3.05) is 23.3 Å². The fourth-order valence-corrected chi connectivity index (χ4v) is 4.44. The second-order valence-electron chi connectivity index (χ2n) is 8.31. The molecule has 1 atom stereocenters. The van der Waals surface area contributed by atoms with Crippen LogP contribution in [0.4, 0.5) is 11.6 Å². The van der Waals surface area contributed by atoms with Gasteiger partial charge in [0, 0.05) is 24.3 Å². The minimum absolute atomic E-state index is 0.0156. The number of fused-ring (bicyclic) bond motifs is 1. The lowest BCUT2D eigenvalue weighted by Gasteiger charge is -2.33. The van der Waals surface area contributed by atoms with E-state index in [1.807, 2.05) is 50.2 Å². The van der Waals surface area contributed by atoms with Gasteiger partial charge in [-0.25, -0.2) is 19.6 Å². The summed E-state index contributed by atoms with van der Waals surface area (Å²) in [6.45, 7) is 5.20. The number of rotatable bonds is 4. The molecule has 0 saturated carbocycles. The second kappa shape index (κ2) is 8.78. The molecule has 1 aliphatic rings. The highest BCUT2D eigenvalue weighted by Gasteiger charge is 2.29. The molecule has 8 nitrogen and oxygen atoms in total. The van der Waals surface area contributed by atoms with Gasteiger partial charge < -0.3 is 10.2 Å². The maximum atomic E-state index is 13.0. The Morgan fingerprint density at radius 1 is 1.18 bits per heavy atom. The summed E-state index contributed by atoms with van der Waals surface area (Å²) >= 11 is 6.19. The number of amides is 1. The maximum absolute atomic E-state index is 13.0. The number of nitrogens with one attached hydrogen (secondary N) is 1. The van der Waals surface area contributed by atoms with E-state index in [4.69, 9.17) is 16.6 Å². The van der Waals surface area contributed by atoms with Crippen LogP contribution in [0.5, 0.6) is 0 Å². The molecule has 1 N–H and O–H groups in total. The Hall–Kier alpha value is -3.52. The summed E-state index contributed by atoms with van der Waals surface area (Å²) in [5.74, 6) is 1.89. The van der Waals surface area contributed by atoms with E-state index in [9.17, 15) is 4.79 Å². The van der Waals surface area contributed by atoms with Gasteiger partial charge in [0.2, 0.25) is 5.91 Å². The van der Waals surface area contributed by atoms with E-state index in [0.717, 1.165) is 47.5 Å². The van der Waals surface area contributed by atoms with E-state index in [1.165, 1.54) is 0 Å². The number of hydrogen-bond donors (Lipinski definition) is 1. The van der Waals surface area contributed by atoms with Gasteiger partial charge in [-0.1, -0.05) is 23.7 Å². The number of benzene rings is 1. The van der Waals surface area contributed by atoms with Crippen LogP contribution in [0.25, 0.3) is 16.7 Å². The first-order chi connectivity index (χ1) is 16.0. The number of carbonyl (C=O) groups is 1. The van der Waals surface area contributed by atoms with E-state index in [2.05, 4.69) is 25.3 Å². The number of pyridine rings is 1. The van der Waals surface area contributed by atoms with Gasteiger partial charge in [0.1, 0.15) is 17.5 Å². The standard InChI is InChI=1S/C24H24ClN7O/c1-15-6-4-10-26-21(15)30-24(33)17-7-5-11-31(14-17)22-20-13-27-32(23(20)29-16(2)28-22)19-9-3-8-18(25)12-19/h3-4,6,8-10,12-13,17H,5,7,11,14H2,1-2H3,(H,26,30,33). The highest BCUT2D eigenvalue weighted by molar-refractivity contribution is 6.30. The molecule has 4 heterocycles. The van der Waals surface area contributed by atoms with Crippen LogP contribution in [-0.4, -0.2) is 43.7 Å². The molecule has 1 unspecified atom stereocenters. The summed E-state index contributed by atoms with van der Waals surface area (Å²) in [5.41, 5.74) is 2.50. The third-order valence-corrected chi connectivity index (χ3v) is 6.15. The van der Waals surface area contributed by atoms with Crippen molar-refractivity contribution in [1.82, 2.24) is 24.7 Å². The van der Waals surface area contributed by atoms with E-state index < -0.39 is 0 Å². The number of piperidine rings is 1. The van der Waals surface area contributed by atoms with Crippen molar-refractivity contribution in [3.63, 3.8) is 0 Å². The van der Waals surface area contributed by atoms with E-state index >= 15 is 0 Å². The van der Waals surface area contributed by atoms with Gasteiger partial charge in [-0.05, 0) is 56.5 Å². The SMILES string of the molecule is Cc1nc(N2CCCC(C(=O)Nc3ncccc3C)C2)c2cnn(-c3cccc(Cl)c3)c2n1. The Bertz CT molecular complexity index is 1340. The third-order valence-electron chi connectivity index (χ3n) is 5.92. The predicted octanol–water partition coefficient (Wildman–Crippen LogP) is 4.34. The number of aryl methyl sites for hydroxylation is 2. The number of aromatic nitrogens is 5. The molecular formula is C24H24ClN7O. The molecule has 0 spiro atoms. The average Bonchev–Trinajstić information content (AvgIpc) is 3.24. The van der Waals surface area contributed by atoms with Gasteiger partial charge in [0.15, 0.2) is 5.65 Å². The smallest absolute Gasteiger partial charge is 0.230 e. The summed E-state index contributed by atoms with van der Waals surface area (Å²) < 4.78 is 1.78. The lowest BCUT2D eigenvalue weighted by Crippen LogP contribution is -2.41. The molecule has 0 radical (unpaired) electrons. The lowest BCUT2D eigenvalue weighted by molar-refractivity contribution is -0.120. The first kappa shape index (κ1) is 21.3. The van der Waals surface area contributed by atoms with Crippen LogP contribution >= 0.6 is 11.6 Å². The molecule has 4 aromatic rings. The van der Waals surface area contributed by atoms with Crippen molar-refractivity contribution in [2.24, 2.45) is 5.92 Å².